The second kappa shape index (κ2) is 10.6. The molecule has 1 N–H and O–H groups in total. The average Bonchev–Trinajstić information content (AvgIpc) is 3.09. The van der Waals surface area contributed by atoms with Crippen molar-refractivity contribution in [3.8, 4) is 0 Å². The lowest BCUT2D eigenvalue weighted by Gasteiger charge is -2.36. The summed E-state index contributed by atoms with van der Waals surface area (Å²) in [5, 5.41) is 11.5. The molecular weight excluding hydrogens is 468 g/mol. The first kappa shape index (κ1) is 24.9. The number of carboxylic acids is 1. The molecule has 0 bridgehead atoms. The van der Waals surface area contributed by atoms with Crippen molar-refractivity contribution in [2.75, 3.05) is 6.54 Å². The lowest BCUT2D eigenvalue weighted by molar-refractivity contribution is -0.169. The van der Waals surface area contributed by atoms with Crippen LogP contribution in [0.4, 0.5) is 0 Å². The van der Waals surface area contributed by atoms with E-state index in [9.17, 15) is 29.1 Å². The van der Waals surface area contributed by atoms with Gasteiger partial charge in [0, 0.05) is 6.54 Å². The van der Waals surface area contributed by atoms with Crippen LogP contribution in [-0.4, -0.2) is 57.4 Å². The Morgan fingerprint density at radius 2 is 1.33 bits per heavy atom. The average molecular weight is 495 g/mol. The second-order valence-electron chi connectivity index (χ2n) is 8.80. The Morgan fingerprint density at radius 1 is 0.833 bits per heavy atom. The van der Waals surface area contributed by atoms with Gasteiger partial charge in [0.15, 0.2) is 11.5 Å². The number of carbonyl (C=O) groups is 5. The van der Waals surface area contributed by atoms with E-state index in [4.69, 9.17) is 9.47 Å². The third kappa shape index (κ3) is 5.07. The second-order valence-corrected chi connectivity index (χ2v) is 8.80. The third-order valence-electron chi connectivity index (χ3n) is 6.33. The molecule has 36 heavy (non-hydrogen) atoms. The highest BCUT2D eigenvalue weighted by atomic mass is 16.5. The quantitative estimate of drug-likeness (QED) is 0.414. The van der Waals surface area contributed by atoms with Gasteiger partial charge in [-0.25, -0.2) is 14.8 Å². The first-order valence-corrected chi connectivity index (χ1v) is 11.6. The van der Waals surface area contributed by atoms with E-state index in [-0.39, 0.29) is 26.2 Å². The van der Waals surface area contributed by atoms with Gasteiger partial charge < -0.3 is 14.6 Å². The number of rotatable bonds is 9. The Bertz CT molecular complexity index is 1090. The molecule has 1 unspecified atom stereocenters. The van der Waals surface area contributed by atoms with Crippen molar-refractivity contribution < 1.29 is 38.6 Å². The zero-order valence-corrected chi connectivity index (χ0v) is 19.5. The van der Waals surface area contributed by atoms with Crippen molar-refractivity contribution in [3.63, 3.8) is 0 Å². The molecule has 2 aromatic carbocycles. The number of aliphatic carboxylic acids is 1. The van der Waals surface area contributed by atoms with Gasteiger partial charge >= 0.3 is 17.9 Å². The Kier molecular flexibility index (Phi) is 7.33. The van der Waals surface area contributed by atoms with Crippen LogP contribution in [-0.2, 0) is 46.7 Å². The van der Waals surface area contributed by atoms with Gasteiger partial charge in [-0.3, -0.25) is 19.2 Å². The summed E-state index contributed by atoms with van der Waals surface area (Å²) in [7, 11) is 0. The van der Waals surface area contributed by atoms with E-state index in [1.807, 2.05) is 0 Å². The van der Waals surface area contributed by atoms with E-state index in [0.29, 0.717) is 17.5 Å². The van der Waals surface area contributed by atoms with Gasteiger partial charge in [-0.05, 0) is 24.0 Å². The summed E-state index contributed by atoms with van der Waals surface area (Å²) >= 11 is 0. The number of benzene rings is 2. The van der Waals surface area contributed by atoms with Crippen LogP contribution in [0.25, 0.3) is 0 Å². The number of ether oxygens (including phenoxy) is 2. The first-order valence-electron chi connectivity index (χ1n) is 11.6. The van der Waals surface area contributed by atoms with E-state index >= 15 is 0 Å². The number of carboxylic acid groups (broad SMARTS) is 1. The predicted molar refractivity (Wildman–Crippen MR) is 123 cm³/mol. The molecule has 2 heterocycles. The predicted octanol–water partition coefficient (Wildman–Crippen LogP) is 2.07. The molecule has 10 nitrogen and oxygen atoms in total. The molecule has 2 aliphatic heterocycles. The molecular formula is C26H26N2O8. The molecule has 2 aromatic rings. The Morgan fingerprint density at radius 3 is 1.81 bits per heavy atom. The fraction of sp³-hybridized carbons (Fsp3) is 0.346. The molecule has 188 valence electrons. The first-order chi connectivity index (χ1) is 17.3. The van der Waals surface area contributed by atoms with Crippen LogP contribution in [0.5, 0.6) is 0 Å². The minimum atomic E-state index is -2.14. The lowest BCUT2D eigenvalue weighted by Crippen LogP contribution is -2.54. The highest BCUT2D eigenvalue weighted by Crippen LogP contribution is 2.42. The van der Waals surface area contributed by atoms with Gasteiger partial charge in [0.05, 0.1) is 12.8 Å². The van der Waals surface area contributed by atoms with Crippen molar-refractivity contribution in [2.45, 2.75) is 44.9 Å². The number of hydrazine groups is 1. The van der Waals surface area contributed by atoms with Crippen LogP contribution < -0.4 is 0 Å². The van der Waals surface area contributed by atoms with Gasteiger partial charge in [-0.2, -0.15) is 0 Å². The normalized spacial score (nSPS) is 18.5. The molecule has 0 saturated carbocycles. The van der Waals surface area contributed by atoms with E-state index < -0.39 is 54.0 Å². The summed E-state index contributed by atoms with van der Waals surface area (Å²) in [6, 6.07) is 16.4. The van der Waals surface area contributed by atoms with E-state index in [2.05, 4.69) is 0 Å². The monoisotopic (exact) mass is 494 g/mol. The summed E-state index contributed by atoms with van der Waals surface area (Å²) in [5.41, 5.74) is -0.726. The molecule has 2 amide bonds. The molecule has 2 aliphatic rings. The molecule has 2 saturated heterocycles. The fourth-order valence-corrected chi connectivity index (χ4v) is 4.51. The fourth-order valence-electron chi connectivity index (χ4n) is 4.51. The maximum Gasteiger partial charge on any atom is 0.328 e. The highest BCUT2D eigenvalue weighted by Gasteiger charge is 2.63. The summed E-state index contributed by atoms with van der Waals surface area (Å²) in [6.45, 7) is -0.0578. The maximum atomic E-state index is 13.6. The Balaban J connectivity index is 1.56. The van der Waals surface area contributed by atoms with Crippen molar-refractivity contribution in [2.24, 2.45) is 5.41 Å². The molecule has 0 aromatic heterocycles. The molecule has 0 aliphatic carbocycles. The molecule has 0 radical (unpaired) electrons. The number of hydrogen-bond donors (Lipinski definition) is 1. The number of carbonyl (C=O) groups excluding carboxylic acids is 4. The standard InChI is InChI=1S/C26H26N2O8/c29-21(35-16-18-8-3-1-4-9-18)14-26(15-22(30)36-17-19-10-5-2-6-11-19)24(33)27-13-7-12-20(23(31)32)28(27)25(26)34/h1-6,8-11,20H,7,12-17H2,(H,31,32). The van der Waals surface area contributed by atoms with Crippen LogP contribution in [0.15, 0.2) is 60.7 Å². The van der Waals surface area contributed by atoms with E-state index in [0.717, 1.165) is 10.0 Å². The summed E-state index contributed by atoms with van der Waals surface area (Å²) in [4.78, 5) is 64.6. The smallest absolute Gasteiger partial charge is 0.328 e. The number of hydrogen-bond acceptors (Lipinski definition) is 7. The van der Waals surface area contributed by atoms with E-state index in [1.165, 1.54) is 0 Å². The number of esters is 2. The summed E-state index contributed by atoms with van der Waals surface area (Å²) in [6.07, 6.45) is -0.911. The van der Waals surface area contributed by atoms with Gasteiger partial charge in [-0.15, -0.1) is 0 Å². The maximum absolute atomic E-state index is 13.6. The Labute approximate surface area is 207 Å². The van der Waals surface area contributed by atoms with Crippen molar-refractivity contribution >= 4 is 29.7 Å². The number of amides is 2. The topological polar surface area (TPSA) is 131 Å². The molecule has 1 atom stereocenters. The van der Waals surface area contributed by atoms with Crippen LogP contribution in [0, 0.1) is 5.41 Å². The zero-order valence-electron chi connectivity index (χ0n) is 19.5. The SMILES string of the molecule is O=C(CC1(CC(=O)OCc2ccccc2)C(=O)N2CCCC(C(=O)O)N2C1=O)OCc1ccccc1. The number of fused-ring (bicyclic) bond motifs is 1. The van der Waals surface area contributed by atoms with Gasteiger partial charge in [0.1, 0.15) is 13.2 Å². The van der Waals surface area contributed by atoms with Crippen LogP contribution in [0.2, 0.25) is 0 Å². The zero-order chi connectivity index (χ0) is 25.7. The van der Waals surface area contributed by atoms with Crippen molar-refractivity contribution in [1.29, 1.82) is 0 Å². The molecule has 0 spiro atoms. The van der Waals surface area contributed by atoms with Gasteiger partial charge in [-0.1, -0.05) is 60.7 Å². The van der Waals surface area contributed by atoms with Crippen molar-refractivity contribution in [3.05, 3.63) is 71.8 Å². The van der Waals surface area contributed by atoms with Crippen molar-refractivity contribution in [1.82, 2.24) is 10.0 Å². The third-order valence-corrected chi connectivity index (χ3v) is 6.33. The summed E-state index contributed by atoms with van der Waals surface area (Å²) in [5.74, 6) is -4.69. The number of nitrogens with zero attached hydrogens (tertiary/aromatic N) is 2. The van der Waals surface area contributed by atoms with Crippen LogP contribution in [0.3, 0.4) is 0 Å². The minimum absolute atomic E-state index is 0.0816. The van der Waals surface area contributed by atoms with Crippen LogP contribution >= 0.6 is 0 Å². The Hall–Kier alpha value is -4.21. The van der Waals surface area contributed by atoms with E-state index in [1.54, 1.807) is 60.7 Å². The molecule has 2 fully saturated rings. The van der Waals surface area contributed by atoms with Crippen LogP contribution in [0.1, 0.15) is 36.8 Å². The lowest BCUT2D eigenvalue weighted by atomic mass is 9.80. The molecule has 4 rings (SSSR count). The highest BCUT2D eigenvalue weighted by molar-refractivity contribution is 6.14. The summed E-state index contributed by atoms with van der Waals surface area (Å²) < 4.78 is 10.6. The molecule has 10 heteroatoms. The largest absolute Gasteiger partial charge is 0.480 e. The minimum Gasteiger partial charge on any atom is -0.480 e. The van der Waals surface area contributed by atoms with Gasteiger partial charge in [0.2, 0.25) is 0 Å². The van der Waals surface area contributed by atoms with Gasteiger partial charge in [0.25, 0.3) is 11.8 Å².